The van der Waals surface area contributed by atoms with Crippen LogP contribution in [0, 0.1) is 5.92 Å². The summed E-state index contributed by atoms with van der Waals surface area (Å²) < 4.78 is 29.7. The Morgan fingerprint density at radius 3 is 1.48 bits per heavy atom. The molecule has 0 aromatic heterocycles. The van der Waals surface area contributed by atoms with Crippen LogP contribution in [0.2, 0.25) is 0 Å². The Bertz CT molecular complexity index is 1930. The SMILES string of the molecule is C=C(CC(=O)OC)C(=O)Oc1ccc(CC(N)C(=O)OCc2ccccc2)cc1.C=C(CC(=O)OC)C(=O)Oc1ccc(CC(NC)C(=O)OC(C)C)cc1.CC(C)C(N)C=O. The van der Waals surface area contributed by atoms with Crippen molar-refractivity contribution in [3.05, 3.63) is 120 Å². The van der Waals surface area contributed by atoms with Crippen molar-refractivity contribution < 1.29 is 62.0 Å². The molecule has 16 nitrogen and oxygen atoms in total. The second-order valence-corrected chi connectivity index (χ2v) is 14.2. The zero-order chi connectivity index (χ0) is 46.8. The summed E-state index contributed by atoms with van der Waals surface area (Å²) in [5.74, 6) is -2.50. The first kappa shape index (κ1) is 53.5. The van der Waals surface area contributed by atoms with Crippen LogP contribution < -0.4 is 26.3 Å². The number of nitrogens with two attached hydrogens (primary N) is 2. The highest BCUT2D eigenvalue weighted by molar-refractivity contribution is 5.95. The lowest BCUT2D eigenvalue weighted by Crippen LogP contribution is -2.38. The number of benzene rings is 3. The molecule has 3 atom stereocenters. The van der Waals surface area contributed by atoms with Gasteiger partial charge in [-0.3, -0.25) is 19.2 Å². The van der Waals surface area contributed by atoms with E-state index in [-0.39, 0.29) is 66.8 Å². The number of likely N-dealkylation sites (N-methyl/N-ethyl adjacent to an activating group) is 1. The molecule has 3 rings (SSSR count). The largest absolute Gasteiger partial charge is 0.469 e. The molecule has 62 heavy (non-hydrogen) atoms. The highest BCUT2D eigenvalue weighted by Gasteiger charge is 2.21. The molecule has 3 unspecified atom stereocenters. The van der Waals surface area contributed by atoms with E-state index >= 15 is 0 Å². The quantitative estimate of drug-likeness (QED) is 0.0472. The van der Waals surface area contributed by atoms with Gasteiger partial charge in [0.15, 0.2) is 0 Å². The van der Waals surface area contributed by atoms with Gasteiger partial charge in [-0.05, 0) is 80.6 Å². The molecule has 0 aliphatic rings. The first-order valence-electron chi connectivity index (χ1n) is 19.5. The van der Waals surface area contributed by atoms with Crippen LogP contribution >= 0.6 is 0 Å². The minimum absolute atomic E-state index is 0.00704. The Morgan fingerprint density at radius 1 is 0.661 bits per heavy atom. The maximum absolute atomic E-state index is 12.1. The molecule has 0 aliphatic carbocycles. The smallest absolute Gasteiger partial charge is 0.339 e. The Hall–Kier alpha value is -6.49. The van der Waals surface area contributed by atoms with Gasteiger partial charge in [-0.25, -0.2) is 9.59 Å². The van der Waals surface area contributed by atoms with E-state index in [2.05, 4.69) is 27.9 Å². The molecule has 0 heterocycles. The molecule has 5 N–H and O–H groups in total. The van der Waals surface area contributed by atoms with Crippen LogP contribution in [0.4, 0.5) is 0 Å². The monoisotopic (exact) mass is 861 g/mol. The van der Waals surface area contributed by atoms with Gasteiger partial charge in [-0.2, -0.15) is 0 Å². The van der Waals surface area contributed by atoms with Gasteiger partial charge in [-0.1, -0.05) is 81.6 Å². The molecule has 0 spiro atoms. The normalized spacial score (nSPS) is 11.7. The van der Waals surface area contributed by atoms with E-state index < -0.39 is 41.9 Å². The number of ether oxygens (including phenoxy) is 6. The molecular formula is C46H59N3O13. The number of carbonyl (C=O) groups excluding carboxylic acids is 7. The summed E-state index contributed by atoms with van der Waals surface area (Å²) in [5, 5.41) is 2.93. The first-order chi connectivity index (χ1) is 29.3. The van der Waals surface area contributed by atoms with Crippen LogP contribution in [0.15, 0.2) is 103 Å². The number of hydrogen-bond acceptors (Lipinski definition) is 16. The average Bonchev–Trinajstić information content (AvgIpc) is 3.25. The Morgan fingerprint density at radius 2 is 1.11 bits per heavy atom. The predicted octanol–water partition coefficient (Wildman–Crippen LogP) is 4.29. The number of aldehydes is 1. The fraction of sp³-hybridized carbons (Fsp3) is 0.370. The molecule has 0 bridgehead atoms. The van der Waals surface area contributed by atoms with Crippen LogP contribution in [-0.4, -0.2) is 87.6 Å². The average molecular weight is 862 g/mol. The molecule has 0 amide bonds. The molecule has 3 aromatic carbocycles. The standard InChI is InChI=1S/C22H23NO6.C19H25NO6.C5H11NO/c1-15(12-20(24)27-2)21(25)29-18-10-8-16(9-11-18)13-19(23)22(26)28-14-17-6-4-3-5-7-17;1-12(2)25-19(23)16(20-4)11-14-6-8-15(9-7-14)26-18(22)13(3)10-17(21)24-5;1-4(2)5(6)3-7/h3-11,19H,1,12-14,23H2,2H3;6-9,12,16,20H,3,10-11H2,1-2,4-5H3;3-5H,6H2,1-2H3. The van der Waals surface area contributed by atoms with Crippen LogP contribution in [0.5, 0.6) is 11.5 Å². The third-order valence-electron chi connectivity index (χ3n) is 8.35. The van der Waals surface area contributed by atoms with Gasteiger partial charge in [0.2, 0.25) is 0 Å². The van der Waals surface area contributed by atoms with Gasteiger partial charge in [-0.15, -0.1) is 0 Å². The minimum Gasteiger partial charge on any atom is -0.469 e. The van der Waals surface area contributed by atoms with E-state index in [0.29, 0.717) is 12.2 Å². The van der Waals surface area contributed by atoms with E-state index in [1.54, 1.807) is 69.4 Å². The van der Waals surface area contributed by atoms with Crippen LogP contribution in [0.25, 0.3) is 0 Å². The zero-order valence-corrected chi connectivity index (χ0v) is 36.4. The molecule has 0 saturated carbocycles. The fourth-order valence-corrected chi connectivity index (χ4v) is 4.57. The van der Waals surface area contributed by atoms with Crippen molar-refractivity contribution in [1.82, 2.24) is 5.32 Å². The van der Waals surface area contributed by atoms with Gasteiger partial charge in [0, 0.05) is 11.1 Å². The van der Waals surface area contributed by atoms with E-state index in [0.717, 1.165) is 23.0 Å². The maximum atomic E-state index is 12.1. The van der Waals surface area contributed by atoms with Crippen molar-refractivity contribution in [2.75, 3.05) is 21.3 Å². The zero-order valence-electron chi connectivity index (χ0n) is 36.4. The second kappa shape index (κ2) is 28.9. The van der Waals surface area contributed by atoms with Crippen molar-refractivity contribution in [3.8, 4) is 11.5 Å². The highest BCUT2D eigenvalue weighted by atomic mass is 16.6. The lowest BCUT2D eigenvalue weighted by Gasteiger charge is -2.17. The van der Waals surface area contributed by atoms with Crippen molar-refractivity contribution in [3.63, 3.8) is 0 Å². The number of nitrogens with one attached hydrogen (secondary N) is 1. The van der Waals surface area contributed by atoms with Crippen LogP contribution in [0.3, 0.4) is 0 Å². The summed E-state index contributed by atoms with van der Waals surface area (Å²) >= 11 is 0. The number of rotatable bonds is 20. The first-order valence-corrected chi connectivity index (χ1v) is 19.5. The topological polar surface area (TPSA) is 239 Å². The highest BCUT2D eigenvalue weighted by Crippen LogP contribution is 2.18. The molecule has 0 aliphatic heterocycles. The number of carbonyl (C=O) groups is 7. The fourth-order valence-electron chi connectivity index (χ4n) is 4.57. The van der Waals surface area contributed by atoms with Gasteiger partial charge in [0.25, 0.3) is 0 Å². The Balaban J connectivity index is 0.000000540. The molecule has 336 valence electrons. The summed E-state index contributed by atoms with van der Waals surface area (Å²) in [6.07, 6.45) is 0.827. The predicted molar refractivity (Wildman–Crippen MR) is 230 cm³/mol. The van der Waals surface area contributed by atoms with E-state index in [1.807, 2.05) is 44.2 Å². The van der Waals surface area contributed by atoms with Gasteiger partial charge < -0.3 is 50.0 Å². The van der Waals surface area contributed by atoms with Crippen LogP contribution in [0.1, 0.15) is 57.2 Å². The van der Waals surface area contributed by atoms with Gasteiger partial charge in [0.1, 0.15) is 36.5 Å². The third-order valence-corrected chi connectivity index (χ3v) is 8.35. The van der Waals surface area contributed by atoms with E-state index in [4.69, 9.17) is 30.4 Å². The maximum Gasteiger partial charge on any atom is 0.339 e. The number of esters is 6. The van der Waals surface area contributed by atoms with Crippen LogP contribution in [-0.2, 0) is 72.0 Å². The van der Waals surface area contributed by atoms with Crippen molar-refractivity contribution in [2.24, 2.45) is 17.4 Å². The van der Waals surface area contributed by atoms with Crippen molar-refractivity contribution >= 4 is 42.1 Å². The minimum atomic E-state index is -0.813. The molecule has 3 aromatic rings. The lowest BCUT2D eigenvalue weighted by atomic mass is 10.1. The van der Waals surface area contributed by atoms with Crippen molar-refractivity contribution in [1.29, 1.82) is 0 Å². The second-order valence-electron chi connectivity index (χ2n) is 14.2. The molecular weight excluding hydrogens is 803 g/mol. The van der Waals surface area contributed by atoms with Gasteiger partial charge >= 0.3 is 35.8 Å². The number of hydrogen-bond donors (Lipinski definition) is 3. The molecule has 0 fully saturated rings. The summed E-state index contributed by atoms with van der Waals surface area (Å²) in [6, 6.07) is 21.0. The Labute approximate surface area is 362 Å². The molecule has 0 radical (unpaired) electrons. The summed E-state index contributed by atoms with van der Waals surface area (Å²) in [6.45, 7) is 14.6. The van der Waals surface area contributed by atoms with Crippen molar-refractivity contribution in [2.45, 2.75) is 84.2 Å². The Kier molecular flexibility index (Phi) is 24.9. The van der Waals surface area contributed by atoms with E-state index in [1.165, 1.54) is 14.2 Å². The summed E-state index contributed by atoms with van der Waals surface area (Å²) in [7, 11) is 4.15. The van der Waals surface area contributed by atoms with E-state index in [9.17, 15) is 33.6 Å². The summed E-state index contributed by atoms with van der Waals surface area (Å²) in [4.78, 5) is 79.9. The number of methoxy groups -OCH3 is 2. The molecule has 0 saturated heterocycles. The lowest BCUT2D eigenvalue weighted by molar-refractivity contribution is -0.150. The third kappa shape index (κ3) is 21.7. The van der Waals surface area contributed by atoms with Gasteiger partial charge in [0.05, 0.1) is 39.2 Å². The molecule has 16 heteroatoms. The summed E-state index contributed by atoms with van der Waals surface area (Å²) in [5.41, 5.74) is 13.7.